The van der Waals surface area contributed by atoms with Gasteiger partial charge in [0, 0.05) is 0 Å². The number of H-pyrrole nitrogens is 1. The van der Waals surface area contributed by atoms with Gasteiger partial charge >= 0.3 is 0 Å². The third kappa shape index (κ3) is 2.09. The molecule has 0 atom stereocenters. The number of rotatable bonds is 2. The average Bonchev–Trinajstić information content (AvgIpc) is 3.01. The number of nitrogens with zero attached hydrogens (tertiary/aromatic N) is 2. The summed E-state index contributed by atoms with van der Waals surface area (Å²) in [6.45, 7) is 0. The fourth-order valence-electron chi connectivity index (χ4n) is 1.73. The first-order chi connectivity index (χ1) is 9.16. The molecule has 0 saturated heterocycles. The molecule has 7 heteroatoms. The Hall–Kier alpha value is -1.92. The Morgan fingerprint density at radius 2 is 2.21 bits per heavy atom. The van der Waals surface area contributed by atoms with Crippen molar-refractivity contribution in [3.8, 4) is 17.3 Å². The molecule has 0 radical (unpaired) electrons. The number of hydrogen-bond acceptors (Lipinski definition) is 3. The van der Waals surface area contributed by atoms with Crippen molar-refractivity contribution in [3.63, 3.8) is 0 Å². The lowest BCUT2D eigenvalue weighted by molar-refractivity contribution is 0.575. The second-order valence-corrected chi connectivity index (χ2v) is 4.56. The minimum Gasteiger partial charge on any atom is -0.461 e. The van der Waals surface area contributed by atoms with Gasteiger partial charge in [-0.2, -0.15) is 5.10 Å². The van der Waals surface area contributed by atoms with E-state index in [4.69, 9.17) is 28.2 Å². The smallest absolute Gasteiger partial charge is 0.202 e. The topological polar surface area (TPSA) is 46.8 Å². The van der Waals surface area contributed by atoms with Gasteiger partial charge in [0.25, 0.3) is 0 Å². The average molecular weight is 296 g/mol. The third-order valence-corrected chi connectivity index (χ3v) is 3.14. The van der Waals surface area contributed by atoms with Crippen LogP contribution in [0.1, 0.15) is 0 Å². The quantitative estimate of drug-likeness (QED) is 0.727. The summed E-state index contributed by atoms with van der Waals surface area (Å²) in [6.07, 6.45) is 1.54. The summed E-state index contributed by atoms with van der Waals surface area (Å²) in [5.41, 5.74) is 0.608. The van der Waals surface area contributed by atoms with Gasteiger partial charge < -0.3 is 4.42 Å². The zero-order valence-corrected chi connectivity index (χ0v) is 11.0. The molecule has 0 saturated carbocycles. The van der Waals surface area contributed by atoms with E-state index in [9.17, 15) is 4.39 Å². The SMILES string of the molecule is Fc1ccc(-n2c(-c3ccco3)n[nH]c2=S)cc1Cl. The van der Waals surface area contributed by atoms with E-state index in [1.54, 1.807) is 22.8 Å². The van der Waals surface area contributed by atoms with E-state index in [0.29, 0.717) is 22.0 Å². The highest BCUT2D eigenvalue weighted by molar-refractivity contribution is 7.71. The highest BCUT2D eigenvalue weighted by Crippen LogP contribution is 2.24. The Balaban J connectivity index is 2.22. The lowest BCUT2D eigenvalue weighted by Crippen LogP contribution is -1.97. The fraction of sp³-hybridized carbons (Fsp3) is 0. The van der Waals surface area contributed by atoms with Crippen LogP contribution in [-0.4, -0.2) is 14.8 Å². The van der Waals surface area contributed by atoms with Crippen LogP contribution in [0.15, 0.2) is 41.0 Å². The first kappa shape index (κ1) is 12.1. The Kier molecular flexibility index (Phi) is 2.96. The Labute approximate surface area is 117 Å². The molecule has 2 aromatic heterocycles. The summed E-state index contributed by atoms with van der Waals surface area (Å²) in [7, 11) is 0. The highest BCUT2D eigenvalue weighted by atomic mass is 35.5. The Morgan fingerprint density at radius 1 is 1.37 bits per heavy atom. The zero-order chi connectivity index (χ0) is 13.4. The molecule has 19 heavy (non-hydrogen) atoms. The molecule has 1 aromatic carbocycles. The van der Waals surface area contributed by atoms with Crippen LogP contribution < -0.4 is 0 Å². The van der Waals surface area contributed by atoms with E-state index in [-0.39, 0.29) is 5.02 Å². The molecule has 3 aromatic rings. The van der Waals surface area contributed by atoms with Gasteiger partial charge in [-0.1, -0.05) is 11.6 Å². The van der Waals surface area contributed by atoms with Gasteiger partial charge in [-0.15, -0.1) is 0 Å². The maximum Gasteiger partial charge on any atom is 0.202 e. The molecule has 0 aliphatic carbocycles. The highest BCUT2D eigenvalue weighted by Gasteiger charge is 2.13. The van der Waals surface area contributed by atoms with Gasteiger partial charge in [-0.25, -0.2) is 4.39 Å². The van der Waals surface area contributed by atoms with E-state index < -0.39 is 5.82 Å². The first-order valence-electron chi connectivity index (χ1n) is 5.33. The van der Waals surface area contributed by atoms with Crippen molar-refractivity contribution in [2.75, 3.05) is 0 Å². The van der Waals surface area contributed by atoms with E-state index in [1.807, 2.05) is 0 Å². The number of aromatic nitrogens is 3. The second kappa shape index (κ2) is 4.64. The van der Waals surface area contributed by atoms with E-state index in [1.165, 1.54) is 18.4 Å². The predicted octanol–water partition coefficient (Wildman–Crippen LogP) is 3.98. The summed E-state index contributed by atoms with van der Waals surface area (Å²) in [5.74, 6) is 0.561. The molecule has 0 spiro atoms. The molecule has 3 rings (SSSR count). The second-order valence-electron chi connectivity index (χ2n) is 3.76. The monoisotopic (exact) mass is 295 g/mol. The normalized spacial score (nSPS) is 10.8. The largest absolute Gasteiger partial charge is 0.461 e. The van der Waals surface area contributed by atoms with Gasteiger partial charge in [-0.05, 0) is 42.5 Å². The van der Waals surface area contributed by atoms with Crippen molar-refractivity contribution in [2.45, 2.75) is 0 Å². The lowest BCUT2D eigenvalue weighted by Gasteiger charge is -2.05. The fourth-order valence-corrected chi connectivity index (χ4v) is 2.14. The summed E-state index contributed by atoms with van der Waals surface area (Å²) >= 11 is 11.0. The van der Waals surface area contributed by atoms with Crippen molar-refractivity contribution < 1.29 is 8.81 Å². The van der Waals surface area contributed by atoms with E-state index in [2.05, 4.69) is 10.2 Å². The molecule has 0 aliphatic rings. The van der Waals surface area contributed by atoms with Crippen LogP contribution >= 0.6 is 23.8 Å². The number of hydrogen-bond donors (Lipinski definition) is 1. The molecular formula is C12H7ClFN3OS. The molecule has 1 N–H and O–H groups in total. The standard InChI is InChI=1S/C12H7ClFN3OS/c13-8-6-7(3-4-9(8)14)17-11(15-16-12(17)19)10-2-1-5-18-10/h1-6H,(H,16,19). The van der Waals surface area contributed by atoms with Gasteiger partial charge in [0.05, 0.1) is 17.0 Å². The maximum absolute atomic E-state index is 13.2. The van der Waals surface area contributed by atoms with E-state index in [0.717, 1.165) is 0 Å². The molecule has 4 nitrogen and oxygen atoms in total. The molecule has 0 bridgehead atoms. The van der Waals surface area contributed by atoms with E-state index >= 15 is 0 Å². The number of aromatic amines is 1. The van der Waals surface area contributed by atoms with Crippen LogP contribution in [0.25, 0.3) is 17.3 Å². The van der Waals surface area contributed by atoms with Crippen LogP contribution in [-0.2, 0) is 0 Å². The molecule has 0 unspecified atom stereocenters. The molecule has 96 valence electrons. The molecule has 0 amide bonds. The number of halogens is 2. The zero-order valence-electron chi connectivity index (χ0n) is 9.43. The minimum absolute atomic E-state index is 0.0194. The lowest BCUT2D eigenvalue weighted by atomic mass is 10.3. The van der Waals surface area contributed by atoms with Crippen LogP contribution in [0.2, 0.25) is 5.02 Å². The van der Waals surface area contributed by atoms with Crippen molar-refractivity contribution >= 4 is 23.8 Å². The third-order valence-electron chi connectivity index (χ3n) is 2.58. The van der Waals surface area contributed by atoms with Gasteiger partial charge in [0.15, 0.2) is 10.5 Å². The van der Waals surface area contributed by atoms with Crippen molar-refractivity contribution in [3.05, 3.63) is 52.2 Å². The number of furan rings is 1. The van der Waals surface area contributed by atoms with Gasteiger partial charge in [-0.3, -0.25) is 9.67 Å². The van der Waals surface area contributed by atoms with Crippen molar-refractivity contribution in [2.24, 2.45) is 0 Å². The molecule has 0 aliphatic heterocycles. The summed E-state index contributed by atoms with van der Waals surface area (Å²) < 4.78 is 20.5. The van der Waals surface area contributed by atoms with Crippen molar-refractivity contribution in [1.82, 2.24) is 14.8 Å². The first-order valence-corrected chi connectivity index (χ1v) is 6.12. The van der Waals surface area contributed by atoms with Crippen LogP contribution in [0.4, 0.5) is 4.39 Å². The number of nitrogens with one attached hydrogen (secondary N) is 1. The Morgan fingerprint density at radius 3 is 2.89 bits per heavy atom. The van der Waals surface area contributed by atoms with Crippen LogP contribution in [0, 0.1) is 10.6 Å². The van der Waals surface area contributed by atoms with Crippen LogP contribution in [0.3, 0.4) is 0 Å². The van der Waals surface area contributed by atoms with Gasteiger partial charge in [0.2, 0.25) is 5.82 Å². The molecule has 0 fully saturated rings. The molecule has 2 heterocycles. The predicted molar refractivity (Wildman–Crippen MR) is 71.4 cm³/mol. The summed E-state index contributed by atoms with van der Waals surface area (Å²) in [6, 6.07) is 7.83. The summed E-state index contributed by atoms with van der Waals surface area (Å²) in [5, 5.41) is 6.80. The van der Waals surface area contributed by atoms with Gasteiger partial charge in [0.1, 0.15) is 5.82 Å². The Bertz CT molecular complexity index is 779. The number of benzene rings is 1. The molecular weight excluding hydrogens is 289 g/mol. The maximum atomic E-state index is 13.2. The van der Waals surface area contributed by atoms with Crippen LogP contribution in [0.5, 0.6) is 0 Å². The minimum atomic E-state index is -0.486. The van der Waals surface area contributed by atoms with Crippen molar-refractivity contribution in [1.29, 1.82) is 0 Å². The summed E-state index contributed by atoms with van der Waals surface area (Å²) in [4.78, 5) is 0.